The molecule has 0 aliphatic carbocycles. The van der Waals surface area contributed by atoms with Gasteiger partial charge in [-0.1, -0.05) is 218 Å². The van der Waals surface area contributed by atoms with Crippen LogP contribution in [0.25, 0.3) is 200 Å². The Hall–Kier alpha value is -14.0. The summed E-state index contributed by atoms with van der Waals surface area (Å²) in [6.07, 6.45) is 0. The average Bonchev–Trinajstić information content (AvgIpc) is 1.59. The van der Waals surface area contributed by atoms with Crippen LogP contribution in [0.2, 0.25) is 0 Å². The van der Waals surface area contributed by atoms with Crippen molar-refractivity contribution in [1.29, 1.82) is 0 Å². The van der Waals surface area contributed by atoms with E-state index in [0.29, 0.717) is 0 Å². The van der Waals surface area contributed by atoms with Gasteiger partial charge < -0.3 is 27.3 Å². The van der Waals surface area contributed by atoms with Crippen molar-refractivity contribution in [2.45, 2.75) is 27.7 Å². The number of aryl methyl sites for hydroxylation is 4. The standard InChI is InChI=1S/C31H22N2.C25H17NO.2C25H17NS/c1-21-16-17-25-29(20-21)33(23-12-6-3-7-13-23)28-19-18-27-30(31(25)28)24-14-8-9-15-26(24)32(27)22-10-4-2-5-11-22;1-16-11-12-18-19-13-14-23-24(20-9-5-6-10-22(20)27-23)25(19)26(21(18)15-16)17-7-3-2-4-8-17;1-16-11-12-18-20-14-21-19-9-5-6-10-24(19)27-25(21)15-23(20)26(22(18)13-16)17-7-3-2-4-8-17;1-16-11-12-20-22(15-16)26(17-7-3-2-4-8-17)21-14-13-19-18-9-5-6-10-23(18)27-25(19)24(20)21/h2-20H,1H3;3*2-15H,1H3. The Morgan fingerprint density at radius 2 is 0.553 bits per heavy atom. The lowest BCUT2D eigenvalue weighted by molar-refractivity contribution is 0.669. The van der Waals surface area contributed by atoms with Crippen LogP contribution >= 0.6 is 22.7 Å². The molecule has 0 unspecified atom stereocenters. The van der Waals surface area contributed by atoms with E-state index in [1.807, 2.05) is 34.8 Å². The minimum Gasteiger partial charge on any atom is -0.456 e. The van der Waals surface area contributed by atoms with E-state index in [4.69, 9.17) is 4.42 Å². The molecular formula is C106H73N5OS2. The van der Waals surface area contributed by atoms with Gasteiger partial charge in [0.2, 0.25) is 0 Å². The first-order valence-corrected chi connectivity index (χ1v) is 40.7. The van der Waals surface area contributed by atoms with Crippen LogP contribution in [0.4, 0.5) is 0 Å². The van der Waals surface area contributed by atoms with Crippen LogP contribution in [-0.4, -0.2) is 22.8 Å². The average molecular weight is 1500 g/mol. The van der Waals surface area contributed by atoms with Gasteiger partial charge in [0.15, 0.2) is 0 Å². The van der Waals surface area contributed by atoms with E-state index in [-0.39, 0.29) is 0 Å². The fourth-order valence-corrected chi connectivity index (χ4v) is 20.5. The first kappa shape index (κ1) is 66.9. The van der Waals surface area contributed by atoms with Gasteiger partial charge in [0, 0.05) is 128 Å². The van der Waals surface area contributed by atoms with Gasteiger partial charge in [-0.25, -0.2) is 0 Å². The zero-order chi connectivity index (χ0) is 75.8. The summed E-state index contributed by atoms with van der Waals surface area (Å²) < 4.78 is 23.6. The Bertz CT molecular complexity index is 8070. The van der Waals surface area contributed by atoms with Crippen LogP contribution in [0.3, 0.4) is 0 Å². The summed E-state index contributed by atoms with van der Waals surface area (Å²) in [5.74, 6) is 0. The van der Waals surface area contributed by atoms with E-state index in [9.17, 15) is 0 Å². The fourth-order valence-electron chi connectivity index (χ4n) is 18.1. The molecule has 114 heavy (non-hydrogen) atoms. The maximum absolute atomic E-state index is 6.16. The minimum atomic E-state index is 0.931. The molecule has 0 atom stereocenters. The first-order valence-electron chi connectivity index (χ1n) is 39.0. The predicted molar refractivity (Wildman–Crippen MR) is 489 cm³/mol. The highest BCUT2D eigenvalue weighted by atomic mass is 32.1. The highest BCUT2D eigenvalue weighted by molar-refractivity contribution is 7.27. The lowest BCUT2D eigenvalue weighted by atomic mass is 10.0. The third-order valence-corrected chi connectivity index (χ3v) is 25.4. The van der Waals surface area contributed by atoms with E-state index in [0.717, 1.165) is 16.6 Å². The van der Waals surface area contributed by atoms with Gasteiger partial charge in [0.25, 0.3) is 0 Å². The molecule has 540 valence electrons. The number of hydrogen-bond donors (Lipinski definition) is 0. The normalized spacial score (nSPS) is 11.9. The number of hydrogen-bond acceptors (Lipinski definition) is 3. The van der Waals surface area contributed by atoms with Crippen LogP contribution in [0, 0.1) is 27.7 Å². The largest absolute Gasteiger partial charge is 0.456 e. The van der Waals surface area contributed by atoms with Gasteiger partial charge in [0.05, 0.1) is 60.6 Å². The van der Waals surface area contributed by atoms with E-state index in [1.54, 1.807) is 0 Å². The number of furan rings is 1. The van der Waals surface area contributed by atoms with Gasteiger partial charge >= 0.3 is 0 Å². The van der Waals surface area contributed by atoms with E-state index >= 15 is 0 Å². The first-order chi connectivity index (χ1) is 56.2. The second kappa shape index (κ2) is 26.9. The molecule has 0 saturated heterocycles. The summed E-state index contributed by atoms with van der Waals surface area (Å²) in [6.45, 7) is 8.65. The molecule has 0 N–H and O–H groups in total. The van der Waals surface area contributed by atoms with Crippen molar-refractivity contribution in [3.05, 3.63) is 392 Å². The van der Waals surface area contributed by atoms with Gasteiger partial charge in [-0.2, -0.15) is 0 Å². The highest BCUT2D eigenvalue weighted by Gasteiger charge is 2.24. The lowest BCUT2D eigenvalue weighted by Gasteiger charge is -2.09. The van der Waals surface area contributed by atoms with E-state index in [2.05, 4.69) is 408 Å². The summed E-state index contributed by atoms with van der Waals surface area (Å²) >= 11 is 3.79. The maximum Gasteiger partial charge on any atom is 0.137 e. The molecule has 25 rings (SSSR count). The molecule has 0 saturated carbocycles. The fraction of sp³-hybridized carbons (Fsp3) is 0.0377. The van der Waals surface area contributed by atoms with Crippen LogP contribution in [0.1, 0.15) is 22.3 Å². The van der Waals surface area contributed by atoms with Crippen molar-refractivity contribution in [1.82, 2.24) is 22.8 Å². The third-order valence-electron chi connectivity index (χ3n) is 23.1. The molecule has 0 radical (unpaired) electrons. The van der Waals surface area contributed by atoms with E-state index in [1.165, 1.54) is 205 Å². The molecule has 0 fully saturated rings. The molecule has 17 aromatic carbocycles. The molecule has 25 aromatic rings. The SMILES string of the molecule is Cc1ccc2c3c4c5ccccc5n(-c5ccccc5)c4ccc3n(-c3ccccc3)c2c1.Cc1ccc2c3c4sc5ccccc5c4ccc3n(-c3ccccc3)c2c1.Cc1ccc2c3cc4c(cc3n(-c3ccccc3)c2c1)sc1ccccc14.Cc1ccc2c3ccc4oc5ccccc5c4c3n(-c3ccccc3)c2c1. The van der Waals surface area contributed by atoms with E-state index < -0.39 is 0 Å². The summed E-state index contributed by atoms with van der Waals surface area (Å²) in [7, 11) is 0. The number of aromatic nitrogens is 5. The molecule has 0 amide bonds. The van der Waals surface area contributed by atoms with Gasteiger partial charge in [-0.05, 0) is 202 Å². The maximum atomic E-state index is 6.16. The number of para-hydroxylation sites is 7. The molecule has 0 bridgehead atoms. The van der Waals surface area contributed by atoms with Crippen LogP contribution in [-0.2, 0) is 0 Å². The Morgan fingerprint density at radius 1 is 0.193 bits per heavy atom. The third kappa shape index (κ3) is 10.7. The molecule has 0 aliphatic heterocycles. The van der Waals surface area contributed by atoms with Gasteiger partial charge in [-0.15, -0.1) is 22.7 Å². The number of fused-ring (bicyclic) bond motifs is 27. The molecule has 0 spiro atoms. The molecule has 6 nitrogen and oxygen atoms in total. The highest BCUT2D eigenvalue weighted by Crippen LogP contribution is 2.48. The van der Waals surface area contributed by atoms with Crippen LogP contribution < -0.4 is 0 Å². The summed E-state index contributed by atoms with van der Waals surface area (Å²) in [5.41, 5.74) is 25.5. The van der Waals surface area contributed by atoms with Gasteiger partial charge in [0.1, 0.15) is 11.2 Å². The Balaban J connectivity index is 0.0000000930. The van der Waals surface area contributed by atoms with Crippen molar-refractivity contribution < 1.29 is 4.42 Å². The summed E-state index contributed by atoms with van der Waals surface area (Å²) in [5, 5.41) is 20.8. The second-order valence-electron chi connectivity index (χ2n) is 30.1. The summed E-state index contributed by atoms with van der Waals surface area (Å²) in [6, 6.07) is 133. The zero-order valence-corrected chi connectivity index (χ0v) is 64.8. The van der Waals surface area contributed by atoms with Crippen molar-refractivity contribution in [3.63, 3.8) is 0 Å². The number of benzene rings is 17. The Labute approximate surface area is 664 Å². The second-order valence-corrected chi connectivity index (χ2v) is 32.3. The van der Waals surface area contributed by atoms with Crippen molar-refractivity contribution >= 4 is 194 Å². The topological polar surface area (TPSA) is 37.8 Å². The quantitative estimate of drug-likeness (QED) is 0.169. The summed E-state index contributed by atoms with van der Waals surface area (Å²) in [4.78, 5) is 0. The Morgan fingerprint density at radius 3 is 1.11 bits per heavy atom. The van der Waals surface area contributed by atoms with Crippen LogP contribution in [0.5, 0.6) is 0 Å². The monoisotopic (exact) mass is 1500 g/mol. The molecule has 8 heterocycles. The van der Waals surface area contributed by atoms with Crippen molar-refractivity contribution in [2.75, 3.05) is 0 Å². The number of rotatable bonds is 5. The Kier molecular flexibility index (Phi) is 15.8. The van der Waals surface area contributed by atoms with Crippen molar-refractivity contribution in [3.8, 4) is 28.4 Å². The number of nitrogens with zero attached hydrogens (tertiary/aromatic N) is 5. The van der Waals surface area contributed by atoms with Gasteiger partial charge in [-0.3, -0.25) is 0 Å². The minimum absolute atomic E-state index is 0.931. The number of thiophene rings is 2. The predicted octanol–water partition coefficient (Wildman–Crippen LogP) is 30.1. The lowest BCUT2D eigenvalue weighted by Crippen LogP contribution is -1.94. The van der Waals surface area contributed by atoms with Crippen LogP contribution in [0.15, 0.2) is 374 Å². The molecule has 8 heteroatoms. The van der Waals surface area contributed by atoms with Crippen molar-refractivity contribution in [2.24, 2.45) is 0 Å². The smallest absolute Gasteiger partial charge is 0.137 e. The molecule has 0 aliphatic rings. The molecule has 8 aromatic heterocycles. The zero-order valence-electron chi connectivity index (χ0n) is 63.2. The molecular weight excluding hydrogens is 1420 g/mol.